The summed E-state index contributed by atoms with van der Waals surface area (Å²) in [6, 6.07) is 11.1. The second-order valence-corrected chi connectivity index (χ2v) is 7.71. The van der Waals surface area contributed by atoms with Crippen LogP contribution in [0.15, 0.2) is 53.6 Å². The van der Waals surface area contributed by atoms with E-state index in [0.717, 1.165) is 0 Å². The van der Waals surface area contributed by atoms with Crippen LogP contribution in [0.3, 0.4) is 0 Å². The third kappa shape index (κ3) is 2.71. The molecule has 0 radical (unpaired) electrons. The van der Waals surface area contributed by atoms with E-state index in [9.17, 15) is 13.2 Å². The fourth-order valence-corrected chi connectivity index (χ4v) is 4.05. The fourth-order valence-electron chi connectivity index (χ4n) is 2.27. The van der Waals surface area contributed by atoms with E-state index in [0.29, 0.717) is 10.7 Å². The summed E-state index contributed by atoms with van der Waals surface area (Å²) in [5.74, 6) is -0.247. The molecule has 1 aromatic carbocycles. The van der Waals surface area contributed by atoms with Crippen LogP contribution in [0.4, 0.5) is 0 Å². The maximum absolute atomic E-state index is 12.4. The molecule has 0 atom stereocenters. The molecule has 2 heterocycles. The number of amides is 1. The van der Waals surface area contributed by atoms with Crippen molar-refractivity contribution in [1.29, 1.82) is 0 Å². The highest BCUT2D eigenvalue weighted by Gasteiger charge is 2.40. The number of pyridine rings is 1. The maximum Gasteiger partial charge on any atom is 0.272 e. The average Bonchev–Trinajstić information content (AvgIpc) is 2.46. The van der Waals surface area contributed by atoms with Gasteiger partial charge in [-0.15, -0.1) is 0 Å². The summed E-state index contributed by atoms with van der Waals surface area (Å²) < 4.78 is 24.9. The molecule has 0 unspecified atom stereocenters. The highest BCUT2D eigenvalue weighted by Crippen LogP contribution is 2.25. The van der Waals surface area contributed by atoms with Crippen LogP contribution in [-0.2, 0) is 9.84 Å². The lowest BCUT2D eigenvalue weighted by atomic mass is 10.2. The Bertz CT molecular complexity index is 785. The molecule has 1 aromatic heterocycles. The zero-order chi connectivity index (χ0) is 15.7. The van der Waals surface area contributed by atoms with Crippen molar-refractivity contribution in [2.45, 2.75) is 10.1 Å². The first-order chi connectivity index (χ1) is 10.5. The Morgan fingerprint density at radius 3 is 2.41 bits per heavy atom. The number of halogens is 1. The Morgan fingerprint density at radius 1 is 1.14 bits per heavy atom. The number of rotatable bonds is 3. The molecule has 114 valence electrons. The standard InChI is InChI=1S/C15H13ClN2O3S/c16-11-4-6-12(7-5-11)22(20,21)13-9-18(10-13)15(19)14-3-1-2-8-17-14/h1-8,13H,9-10H2. The van der Waals surface area contributed by atoms with Crippen LogP contribution >= 0.6 is 11.6 Å². The number of sulfone groups is 1. The van der Waals surface area contributed by atoms with Crippen LogP contribution in [-0.4, -0.2) is 42.5 Å². The van der Waals surface area contributed by atoms with E-state index < -0.39 is 15.1 Å². The Labute approximate surface area is 133 Å². The van der Waals surface area contributed by atoms with Gasteiger partial charge in [0.25, 0.3) is 5.91 Å². The summed E-state index contributed by atoms with van der Waals surface area (Å²) in [5, 5.41) is -0.0964. The summed E-state index contributed by atoms with van der Waals surface area (Å²) in [4.78, 5) is 17.8. The molecule has 1 fully saturated rings. The summed E-state index contributed by atoms with van der Waals surface area (Å²) in [6.07, 6.45) is 1.54. The van der Waals surface area contributed by atoms with E-state index in [2.05, 4.69) is 4.98 Å². The Morgan fingerprint density at radius 2 is 1.82 bits per heavy atom. The average molecular weight is 337 g/mol. The SMILES string of the molecule is O=C(c1ccccn1)N1CC(S(=O)(=O)c2ccc(Cl)cc2)C1. The zero-order valence-electron chi connectivity index (χ0n) is 11.5. The maximum atomic E-state index is 12.4. The number of aromatic nitrogens is 1. The molecule has 1 aliphatic rings. The van der Waals surface area contributed by atoms with Crippen molar-refractivity contribution >= 4 is 27.3 Å². The molecule has 1 saturated heterocycles. The van der Waals surface area contributed by atoms with Gasteiger partial charge in [-0.05, 0) is 36.4 Å². The van der Waals surface area contributed by atoms with Gasteiger partial charge in [-0.3, -0.25) is 9.78 Å². The Hall–Kier alpha value is -1.92. The fraction of sp³-hybridized carbons (Fsp3) is 0.200. The number of likely N-dealkylation sites (tertiary alicyclic amines) is 1. The molecule has 0 N–H and O–H groups in total. The number of benzene rings is 1. The van der Waals surface area contributed by atoms with Crippen molar-refractivity contribution in [3.05, 3.63) is 59.4 Å². The molecular formula is C15H13ClN2O3S. The van der Waals surface area contributed by atoms with Gasteiger partial charge in [-0.2, -0.15) is 0 Å². The van der Waals surface area contributed by atoms with E-state index in [-0.39, 0.29) is 23.9 Å². The van der Waals surface area contributed by atoms with E-state index in [1.807, 2.05) is 0 Å². The summed E-state index contributed by atoms with van der Waals surface area (Å²) in [5.41, 5.74) is 0.324. The lowest BCUT2D eigenvalue weighted by Crippen LogP contribution is -2.56. The van der Waals surface area contributed by atoms with Crippen LogP contribution in [0.25, 0.3) is 0 Å². The van der Waals surface area contributed by atoms with Gasteiger partial charge in [0.15, 0.2) is 9.84 Å². The van der Waals surface area contributed by atoms with E-state index >= 15 is 0 Å². The molecule has 1 amide bonds. The molecule has 7 heteroatoms. The lowest BCUT2D eigenvalue weighted by Gasteiger charge is -2.38. The van der Waals surface area contributed by atoms with Crippen LogP contribution in [0.1, 0.15) is 10.5 Å². The van der Waals surface area contributed by atoms with Gasteiger partial charge in [-0.1, -0.05) is 17.7 Å². The molecule has 22 heavy (non-hydrogen) atoms. The lowest BCUT2D eigenvalue weighted by molar-refractivity contribution is 0.0652. The van der Waals surface area contributed by atoms with Crippen LogP contribution < -0.4 is 0 Å². The monoisotopic (exact) mass is 336 g/mol. The zero-order valence-corrected chi connectivity index (χ0v) is 13.1. The minimum Gasteiger partial charge on any atom is -0.335 e. The second kappa shape index (κ2) is 5.70. The van der Waals surface area contributed by atoms with Crippen molar-refractivity contribution < 1.29 is 13.2 Å². The van der Waals surface area contributed by atoms with E-state index in [4.69, 9.17) is 11.6 Å². The molecule has 3 rings (SSSR count). The molecule has 2 aromatic rings. The van der Waals surface area contributed by atoms with Crippen molar-refractivity contribution in [3.8, 4) is 0 Å². The topological polar surface area (TPSA) is 67.3 Å². The van der Waals surface area contributed by atoms with Gasteiger partial charge in [0.2, 0.25) is 0 Å². The van der Waals surface area contributed by atoms with Gasteiger partial charge < -0.3 is 4.90 Å². The van der Waals surface area contributed by atoms with Gasteiger partial charge in [0.05, 0.1) is 4.90 Å². The number of carbonyl (C=O) groups is 1. The Balaban J connectivity index is 1.70. The molecule has 0 bridgehead atoms. The first-order valence-corrected chi connectivity index (χ1v) is 8.60. The number of carbonyl (C=O) groups excluding carboxylic acids is 1. The molecule has 0 saturated carbocycles. The summed E-state index contributed by atoms with van der Waals surface area (Å²) in [6.45, 7) is 0.362. The molecule has 0 aliphatic carbocycles. The van der Waals surface area contributed by atoms with Crippen LogP contribution in [0.2, 0.25) is 5.02 Å². The van der Waals surface area contributed by atoms with Gasteiger partial charge in [0, 0.05) is 24.3 Å². The third-order valence-electron chi connectivity index (χ3n) is 3.60. The Kier molecular flexibility index (Phi) is 3.88. The minimum atomic E-state index is -3.44. The first-order valence-electron chi connectivity index (χ1n) is 6.68. The van der Waals surface area contributed by atoms with Crippen LogP contribution in [0.5, 0.6) is 0 Å². The quantitative estimate of drug-likeness (QED) is 0.860. The molecule has 1 aliphatic heterocycles. The first kappa shape index (κ1) is 15.0. The van der Waals surface area contributed by atoms with Gasteiger partial charge in [0.1, 0.15) is 10.9 Å². The van der Waals surface area contributed by atoms with Crippen molar-refractivity contribution in [2.24, 2.45) is 0 Å². The second-order valence-electron chi connectivity index (χ2n) is 5.05. The highest BCUT2D eigenvalue weighted by molar-refractivity contribution is 7.92. The molecule has 0 spiro atoms. The molecule has 5 nitrogen and oxygen atoms in total. The predicted octanol–water partition coefficient (Wildman–Crippen LogP) is 2.03. The minimum absolute atomic E-state index is 0.181. The van der Waals surface area contributed by atoms with E-state index in [1.165, 1.54) is 23.2 Å². The van der Waals surface area contributed by atoms with E-state index in [1.54, 1.807) is 30.3 Å². The highest BCUT2D eigenvalue weighted by atomic mass is 35.5. The van der Waals surface area contributed by atoms with Crippen LogP contribution in [0, 0.1) is 0 Å². The number of hydrogen-bond donors (Lipinski definition) is 0. The number of hydrogen-bond acceptors (Lipinski definition) is 4. The molecular weight excluding hydrogens is 324 g/mol. The van der Waals surface area contributed by atoms with Gasteiger partial charge in [-0.25, -0.2) is 8.42 Å². The number of nitrogens with zero attached hydrogens (tertiary/aromatic N) is 2. The summed E-state index contributed by atoms with van der Waals surface area (Å²) in [7, 11) is -3.44. The van der Waals surface area contributed by atoms with Gasteiger partial charge >= 0.3 is 0 Å². The normalized spacial score (nSPS) is 15.4. The third-order valence-corrected chi connectivity index (χ3v) is 5.96. The van der Waals surface area contributed by atoms with Crippen molar-refractivity contribution in [3.63, 3.8) is 0 Å². The van der Waals surface area contributed by atoms with Crippen molar-refractivity contribution in [2.75, 3.05) is 13.1 Å². The van der Waals surface area contributed by atoms with Crippen molar-refractivity contribution in [1.82, 2.24) is 9.88 Å². The summed E-state index contributed by atoms with van der Waals surface area (Å²) >= 11 is 5.77. The largest absolute Gasteiger partial charge is 0.335 e. The predicted molar refractivity (Wildman–Crippen MR) is 82.6 cm³/mol. The smallest absolute Gasteiger partial charge is 0.272 e.